The Kier molecular flexibility index (Phi) is 5.40. The molecule has 1 atom stereocenters. The number of phenols is 2. The number of hydrogen-bond acceptors (Lipinski definition) is 5. The monoisotopic (exact) mass is 444 g/mol. The molecule has 5 heteroatoms. The van der Waals surface area contributed by atoms with Crippen molar-refractivity contribution in [2.24, 2.45) is 0 Å². The van der Waals surface area contributed by atoms with Crippen LogP contribution in [0.5, 0.6) is 23.0 Å². The molecule has 3 aromatic carbocycles. The van der Waals surface area contributed by atoms with Crippen molar-refractivity contribution in [2.75, 3.05) is 19.6 Å². The van der Waals surface area contributed by atoms with Gasteiger partial charge in [-0.05, 0) is 73.0 Å². The number of rotatable bonds is 6. The lowest BCUT2D eigenvalue weighted by Crippen LogP contribution is -2.53. The van der Waals surface area contributed by atoms with Gasteiger partial charge in [-0.1, -0.05) is 31.2 Å². The summed E-state index contributed by atoms with van der Waals surface area (Å²) >= 11 is 0. The second kappa shape index (κ2) is 8.83. The van der Waals surface area contributed by atoms with Crippen LogP contribution in [0.3, 0.4) is 0 Å². The zero-order chi connectivity index (χ0) is 23.9. The molecule has 5 rings (SSSR count). The fraction of sp³-hybridized carbons (Fsp3) is 0.286. The first-order valence-corrected chi connectivity index (χ1v) is 11.4. The van der Waals surface area contributed by atoms with Crippen LogP contribution in [0.4, 0.5) is 0 Å². The van der Waals surface area contributed by atoms with Gasteiger partial charge in [0.05, 0.1) is 1.37 Å². The van der Waals surface area contributed by atoms with E-state index in [1.54, 1.807) is 42.5 Å². The molecular weight excluding hydrogens is 414 g/mol. The van der Waals surface area contributed by atoms with Crippen LogP contribution in [0.15, 0.2) is 66.7 Å². The Labute approximate surface area is 195 Å². The highest BCUT2D eigenvalue weighted by molar-refractivity contribution is 5.95. The van der Waals surface area contributed by atoms with Crippen LogP contribution in [-0.4, -0.2) is 40.9 Å². The maximum atomic E-state index is 10.0. The Hall–Kier alpha value is -3.44. The van der Waals surface area contributed by atoms with Gasteiger partial charge in [0.2, 0.25) is 0 Å². The lowest BCUT2D eigenvalue weighted by Gasteiger charge is -2.38. The minimum absolute atomic E-state index is 0.0864. The Balaban J connectivity index is 1.49. The van der Waals surface area contributed by atoms with Crippen molar-refractivity contribution in [1.29, 1.82) is 0 Å². The van der Waals surface area contributed by atoms with Crippen LogP contribution >= 0.6 is 0 Å². The number of ether oxygens (including phenoxy) is 2. The van der Waals surface area contributed by atoms with E-state index in [0.29, 0.717) is 16.9 Å². The lowest BCUT2D eigenvalue weighted by atomic mass is 9.86. The van der Waals surface area contributed by atoms with Crippen molar-refractivity contribution in [3.05, 3.63) is 83.4 Å². The third-order valence-corrected chi connectivity index (χ3v) is 6.22. The van der Waals surface area contributed by atoms with Gasteiger partial charge in [0.25, 0.3) is 0 Å². The normalized spacial score (nSPS) is 21.1. The standard InChI is InChI=1S/C28H29NO4/c1-3-14-29-16-24(17-29)32-23-11-6-20(7-12-23)28-27(19-4-8-21(30)9-5-19)18(2)25-13-10-22(31)15-26(25)33-28/h4-13,15,24,28,30-31H,3,14,16-17H2,1-2H3/i28D. The van der Waals surface area contributed by atoms with E-state index in [2.05, 4.69) is 11.8 Å². The highest BCUT2D eigenvalue weighted by Gasteiger charge is 2.30. The smallest absolute Gasteiger partial charge is 0.150 e. The van der Waals surface area contributed by atoms with Crippen molar-refractivity contribution in [2.45, 2.75) is 32.5 Å². The van der Waals surface area contributed by atoms with Crippen LogP contribution < -0.4 is 9.47 Å². The highest BCUT2D eigenvalue weighted by Crippen LogP contribution is 2.47. The molecule has 1 unspecified atom stereocenters. The van der Waals surface area contributed by atoms with Gasteiger partial charge in [-0.25, -0.2) is 0 Å². The zero-order valence-corrected chi connectivity index (χ0v) is 18.9. The van der Waals surface area contributed by atoms with Crippen LogP contribution in [0, 0.1) is 0 Å². The van der Waals surface area contributed by atoms with Gasteiger partial charge in [-0.3, -0.25) is 4.90 Å². The predicted octanol–water partition coefficient (Wildman–Crippen LogP) is 5.64. The molecule has 1 fully saturated rings. The molecule has 0 spiro atoms. The fourth-order valence-electron chi connectivity index (χ4n) is 4.52. The molecule has 0 aromatic heterocycles. The van der Waals surface area contributed by atoms with Crippen LogP contribution in [0.25, 0.3) is 11.1 Å². The molecule has 2 aliphatic rings. The molecule has 1 saturated heterocycles. The van der Waals surface area contributed by atoms with Crippen molar-refractivity contribution in [1.82, 2.24) is 4.90 Å². The Morgan fingerprint density at radius 3 is 2.39 bits per heavy atom. The summed E-state index contributed by atoms with van der Waals surface area (Å²) in [6.07, 6.45) is -0.211. The number of likely N-dealkylation sites (tertiary alicyclic amines) is 1. The fourth-order valence-corrected chi connectivity index (χ4v) is 4.52. The Morgan fingerprint density at radius 2 is 1.70 bits per heavy atom. The number of phenolic OH excluding ortho intramolecular Hbond substituents is 2. The SMILES string of the molecule is [2H]C1(c2ccc(OC3CN(CCC)C3)cc2)Oc2cc(O)ccc2C(C)=C1c1ccc(O)cc1. The summed E-state index contributed by atoms with van der Waals surface area (Å²) in [5.41, 5.74) is 3.83. The molecule has 170 valence electrons. The number of allylic oxidation sites excluding steroid dienone is 1. The molecule has 0 radical (unpaired) electrons. The molecule has 2 aliphatic heterocycles. The maximum absolute atomic E-state index is 10.0. The molecule has 2 heterocycles. The summed E-state index contributed by atoms with van der Waals surface area (Å²) in [6, 6.07) is 19.3. The first-order chi connectivity index (χ1) is 16.4. The van der Waals surface area contributed by atoms with Gasteiger partial charge < -0.3 is 19.7 Å². The van der Waals surface area contributed by atoms with Gasteiger partial charge in [-0.15, -0.1) is 0 Å². The number of fused-ring (bicyclic) bond motifs is 1. The molecule has 0 saturated carbocycles. The zero-order valence-electron chi connectivity index (χ0n) is 19.9. The van der Waals surface area contributed by atoms with Crippen LogP contribution in [0.2, 0.25) is 0 Å². The quantitative estimate of drug-likeness (QED) is 0.516. The third kappa shape index (κ3) is 4.29. The molecule has 0 aliphatic carbocycles. The van der Waals surface area contributed by atoms with Gasteiger partial charge in [0, 0.05) is 30.3 Å². The summed E-state index contributed by atoms with van der Waals surface area (Å²) < 4.78 is 21.9. The number of benzene rings is 3. The van der Waals surface area contributed by atoms with Crippen molar-refractivity contribution in [3.63, 3.8) is 0 Å². The van der Waals surface area contributed by atoms with E-state index < -0.39 is 6.08 Å². The molecule has 0 bridgehead atoms. The topological polar surface area (TPSA) is 62.2 Å². The molecule has 0 amide bonds. The van der Waals surface area contributed by atoms with Gasteiger partial charge in [0.1, 0.15) is 35.2 Å². The predicted molar refractivity (Wildman–Crippen MR) is 130 cm³/mol. The van der Waals surface area contributed by atoms with Crippen molar-refractivity contribution >= 4 is 11.1 Å². The second-order valence-corrected chi connectivity index (χ2v) is 8.68. The summed E-state index contributed by atoms with van der Waals surface area (Å²) in [5.74, 6) is 1.48. The number of nitrogens with zero attached hydrogens (tertiary/aromatic N) is 1. The van der Waals surface area contributed by atoms with E-state index in [9.17, 15) is 11.6 Å². The Morgan fingerprint density at radius 1 is 1.00 bits per heavy atom. The summed E-state index contributed by atoms with van der Waals surface area (Å²) in [6.45, 7) is 7.11. The highest BCUT2D eigenvalue weighted by atomic mass is 16.5. The van der Waals surface area contributed by atoms with E-state index >= 15 is 0 Å². The van der Waals surface area contributed by atoms with Gasteiger partial charge >= 0.3 is 0 Å². The first-order valence-electron chi connectivity index (χ1n) is 11.9. The second-order valence-electron chi connectivity index (χ2n) is 8.68. The maximum Gasteiger partial charge on any atom is 0.150 e. The summed E-state index contributed by atoms with van der Waals surface area (Å²) in [5, 5.41) is 19.8. The van der Waals surface area contributed by atoms with Crippen molar-refractivity contribution in [3.8, 4) is 23.0 Å². The first kappa shape index (κ1) is 20.2. The largest absolute Gasteiger partial charge is 0.508 e. The number of aromatic hydroxyl groups is 2. The van der Waals surface area contributed by atoms with E-state index in [1.165, 1.54) is 0 Å². The minimum Gasteiger partial charge on any atom is -0.508 e. The average molecular weight is 445 g/mol. The average Bonchev–Trinajstić information content (AvgIpc) is 2.79. The summed E-state index contributed by atoms with van der Waals surface area (Å²) in [7, 11) is 0. The Bertz CT molecular complexity index is 1220. The van der Waals surface area contributed by atoms with E-state index in [0.717, 1.165) is 48.5 Å². The van der Waals surface area contributed by atoms with Crippen LogP contribution in [-0.2, 0) is 0 Å². The van der Waals surface area contributed by atoms with Crippen molar-refractivity contribution < 1.29 is 21.1 Å². The molecule has 5 nitrogen and oxygen atoms in total. The lowest BCUT2D eigenvalue weighted by molar-refractivity contribution is 0.0202. The van der Waals surface area contributed by atoms with E-state index in [4.69, 9.17) is 9.47 Å². The van der Waals surface area contributed by atoms with E-state index in [1.807, 2.05) is 31.2 Å². The molecular formula is C28H29NO4. The van der Waals surface area contributed by atoms with Gasteiger partial charge in [-0.2, -0.15) is 0 Å². The van der Waals surface area contributed by atoms with E-state index in [-0.39, 0.29) is 17.6 Å². The molecule has 3 aromatic rings. The number of hydrogen-bond donors (Lipinski definition) is 2. The molecule has 33 heavy (non-hydrogen) atoms. The minimum atomic E-state index is -1.55. The summed E-state index contributed by atoms with van der Waals surface area (Å²) in [4.78, 5) is 2.37. The molecule has 2 N–H and O–H groups in total. The third-order valence-electron chi connectivity index (χ3n) is 6.22. The van der Waals surface area contributed by atoms with Crippen LogP contribution in [0.1, 0.15) is 44.4 Å². The van der Waals surface area contributed by atoms with Gasteiger partial charge in [0.15, 0.2) is 0 Å².